The van der Waals surface area contributed by atoms with Gasteiger partial charge in [0.1, 0.15) is 10.8 Å². The molecule has 2 aliphatic rings. The van der Waals surface area contributed by atoms with Crippen LogP contribution in [-0.4, -0.2) is 59.1 Å². The summed E-state index contributed by atoms with van der Waals surface area (Å²) >= 11 is 7.95. The van der Waals surface area contributed by atoms with Gasteiger partial charge in [0.2, 0.25) is 5.91 Å². The minimum Gasteiger partial charge on any atom is -0.506 e. The number of benzene rings is 2. The third-order valence-corrected chi connectivity index (χ3v) is 7.05. The number of carboxylic acid groups (broad SMARTS) is 1. The van der Waals surface area contributed by atoms with Gasteiger partial charge in [-0.15, -0.1) is 0 Å². The number of hydrogen-bond acceptors (Lipinski definition) is 6. The van der Waals surface area contributed by atoms with E-state index in [9.17, 15) is 14.7 Å². The van der Waals surface area contributed by atoms with Gasteiger partial charge in [-0.3, -0.25) is 9.59 Å². The molecule has 2 aromatic carbocycles. The first-order valence-electron chi connectivity index (χ1n) is 10.2. The highest BCUT2D eigenvalue weighted by Gasteiger charge is 2.26. The van der Waals surface area contributed by atoms with Crippen molar-refractivity contribution in [3.05, 3.63) is 47.0 Å². The van der Waals surface area contributed by atoms with Crippen molar-refractivity contribution in [3.8, 4) is 5.75 Å². The molecule has 0 aliphatic carbocycles. The molecular formula is C22H24ClN3O4S. The second-order valence-corrected chi connectivity index (χ2v) is 9.15. The lowest BCUT2D eigenvalue weighted by Crippen LogP contribution is -2.43. The van der Waals surface area contributed by atoms with Crippen LogP contribution in [0.4, 0.5) is 11.4 Å². The summed E-state index contributed by atoms with van der Waals surface area (Å²) in [6, 6.07) is 11.4. The number of amides is 1. The van der Waals surface area contributed by atoms with Gasteiger partial charge < -0.3 is 20.0 Å². The maximum absolute atomic E-state index is 12.3. The van der Waals surface area contributed by atoms with Crippen molar-refractivity contribution in [2.45, 2.75) is 24.2 Å². The molecule has 1 amide bonds. The zero-order valence-electron chi connectivity index (χ0n) is 17.0. The molecule has 1 fully saturated rings. The number of anilines is 2. The number of halogens is 1. The summed E-state index contributed by atoms with van der Waals surface area (Å²) < 4.78 is 2.31. The number of rotatable bonds is 6. The number of carboxylic acids is 1. The predicted molar refractivity (Wildman–Crippen MR) is 122 cm³/mol. The van der Waals surface area contributed by atoms with Crippen molar-refractivity contribution >= 4 is 46.8 Å². The van der Waals surface area contributed by atoms with Crippen molar-refractivity contribution in [2.24, 2.45) is 0 Å². The van der Waals surface area contributed by atoms with Gasteiger partial charge in [0, 0.05) is 49.7 Å². The minimum absolute atomic E-state index is 0.0265. The molecule has 0 saturated carbocycles. The largest absolute Gasteiger partial charge is 0.506 e. The molecule has 4 rings (SSSR count). The fourth-order valence-corrected chi connectivity index (χ4v) is 5.18. The van der Waals surface area contributed by atoms with Crippen LogP contribution in [0.1, 0.15) is 18.4 Å². The van der Waals surface area contributed by atoms with Gasteiger partial charge in [0.25, 0.3) is 0 Å². The van der Waals surface area contributed by atoms with Crippen LogP contribution in [0.25, 0.3) is 0 Å². The van der Waals surface area contributed by atoms with Gasteiger partial charge in [0.05, 0.1) is 12.1 Å². The molecule has 0 spiro atoms. The van der Waals surface area contributed by atoms with E-state index >= 15 is 0 Å². The first-order chi connectivity index (χ1) is 14.9. The number of carbonyl (C=O) groups excluding carboxylic acids is 1. The maximum Gasteiger partial charge on any atom is 0.303 e. The summed E-state index contributed by atoms with van der Waals surface area (Å²) in [5, 5.41) is 19.0. The van der Waals surface area contributed by atoms with Crippen LogP contribution in [0.3, 0.4) is 0 Å². The molecule has 0 bridgehead atoms. The van der Waals surface area contributed by atoms with Gasteiger partial charge in [-0.25, -0.2) is 4.31 Å². The van der Waals surface area contributed by atoms with Crippen LogP contribution in [0.5, 0.6) is 5.75 Å². The zero-order valence-corrected chi connectivity index (χ0v) is 18.5. The average molecular weight is 462 g/mol. The quantitative estimate of drug-likeness (QED) is 0.635. The highest BCUT2D eigenvalue weighted by atomic mass is 35.5. The van der Waals surface area contributed by atoms with Crippen molar-refractivity contribution < 1.29 is 19.8 Å². The van der Waals surface area contributed by atoms with Gasteiger partial charge in [0.15, 0.2) is 0 Å². The molecule has 0 atom stereocenters. The molecule has 0 unspecified atom stereocenters. The number of nitrogens with zero attached hydrogens (tertiary/aromatic N) is 3. The highest BCUT2D eigenvalue weighted by Crippen LogP contribution is 2.36. The Hall–Kier alpha value is -2.42. The molecular weight excluding hydrogens is 438 g/mol. The summed E-state index contributed by atoms with van der Waals surface area (Å²) in [5.74, 6) is -0.987. The Morgan fingerprint density at radius 1 is 1.00 bits per heavy atom. The molecule has 1 saturated heterocycles. The molecule has 31 heavy (non-hydrogen) atoms. The number of phenols is 1. The van der Waals surface area contributed by atoms with E-state index in [4.69, 9.17) is 16.7 Å². The van der Waals surface area contributed by atoms with E-state index in [1.54, 1.807) is 29.0 Å². The molecule has 2 aliphatic heterocycles. The number of phenolic OH excluding ortho intramolecular Hbond substituents is 1. The molecule has 2 aromatic rings. The topological polar surface area (TPSA) is 84.3 Å². The lowest BCUT2D eigenvalue weighted by atomic mass is 10.2. The predicted octanol–water partition coefficient (Wildman–Crippen LogP) is 3.63. The number of fused-ring (bicyclic) bond motifs is 1. The first-order valence-corrected chi connectivity index (χ1v) is 11.4. The van der Waals surface area contributed by atoms with E-state index in [1.165, 1.54) is 0 Å². The molecule has 2 heterocycles. The second-order valence-electron chi connectivity index (χ2n) is 7.60. The van der Waals surface area contributed by atoms with Crippen molar-refractivity contribution in [3.63, 3.8) is 0 Å². The summed E-state index contributed by atoms with van der Waals surface area (Å²) in [5.41, 5.74) is 2.87. The van der Waals surface area contributed by atoms with Crippen LogP contribution in [0.2, 0.25) is 5.02 Å². The summed E-state index contributed by atoms with van der Waals surface area (Å²) in [4.78, 5) is 28.1. The summed E-state index contributed by atoms with van der Waals surface area (Å²) in [7, 11) is 0. The highest BCUT2D eigenvalue weighted by molar-refractivity contribution is 7.97. The van der Waals surface area contributed by atoms with Crippen molar-refractivity contribution in [1.82, 2.24) is 4.31 Å². The molecule has 9 heteroatoms. The van der Waals surface area contributed by atoms with E-state index in [0.717, 1.165) is 54.4 Å². The van der Waals surface area contributed by atoms with E-state index in [0.29, 0.717) is 11.6 Å². The number of hydrogen-bond donors (Lipinski definition) is 2. The smallest absolute Gasteiger partial charge is 0.303 e. The summed E-state index contributed by atoms with van der Waals surface area (Å²) in [6.07, 6.45) is 0.670. The van der Waals surface area contributed by atoms with Crippen molar-refractivity contribution in [2.75, 3.05) is 42.5 Å². The lowest BCUT2D eigenvalue weighted by Gasteiger charge is -2.35. The van der Waals surface area contributed by atoms with E-state index in [1.807, 2.05) is 18.2 Å². The molecule has 0 radical (unpaired) electrons. The Labute approximate surface area is 190 Å². The third kappa shape index (κ3) is 4.92. The molecule has 164 valence electrons. The monoisotopic (exact) mass is 461 g/mol. The first kappa shape index (κ1) is 21.8. The van der Waals surface area contributed by atoms with Crippen LogP contribution in [0.15, 0.2) is 41.3 Å². The standard InChI is InChI=1S/C22H24ClN3O4S/c23-22-18(2-1-3-19(22)27)24-10-12-25(13-11-24)31-16-4-5-17-15(14-16)8-9-26(17)20(28)6-7-21(29)30/h1-5,14,27H,6-13H2,(H,29,30). The van der Waals surface area contributed by atoms with Crippen LogP contribution >= 0.6 is 23.5 Å². The van der Waals surface area contributed by atoms with Gasteiger partial charge in [-0.05, 0) is 54.3 Å². The Bertz CT molecular complexity index is 995. The Balaban J connectivity index is 1.35. The van der Waals surface area contributed by atoms with E-state index < -0.39 is 5.97 Å². The average Bonchev–Trinajstić information content (AvgIpc) is 3.18. The Morgan fingerprint density at radius 3 is 2.52 bits per heavy atom. The molecule has 2 N–H and O–H groups in total. The number of piperazine rings is 1. The SMILES string of the molecule is O=C(O)CCC(=O)N1CCc2cc(SN3CCN(c4cccc(O)c4Cl)CC3)ccc21. The fourth-order valence-electron chi connectivity index (χ4n) is 3.96. The second kappa shape index (κ2) is 9.38. The Morgan fingerprint density at radius 2 is 1.77 bits per heavy atom. The lowest BCUT2D eigenvalue weighted by molar-refractivity contribution is -0.138. The van der Waals surface area contributed by atoms with Crippen LogP contribution in [-0.2, 0) is 16.0 Å². The normalized spacial score (nSPS) is 16.4. The summed E-state index contributed by atoms with van der Waals surface area (Å²) in [6.45, 7) is 3.94. The van der Waals surface area contributed by atoms with Gasteiger partial charge >= 0.3 is 5.97 Å². The number of aliphatic carboxylic acids is 1. The van der Waals surface area contributed by atoms with Crippen molar-refractivity contribution in [1.29, 1.82) is 0 Å². The van der Waals surface area contributed by atoms with Gasteiger partial charge in [-0.2, -0.15) is 0 Å². The third-order valence-electron chi connectivity index (χ3n) is 5.57. The Kier molecular flexibility index (Phi) is 6.60. The van der Waals surface area contributed by atoms with Gasteiger partial charge in [-0.1, -0.05) is 17.7 Å². The fraction of sp³-hybridized carbons (Fsp3) is 0.364. The number of aromatic hydroxyl groups is 1. The zero-order chi connectivity index (χ0) is 22.0. The van der Waals surface area contributed by atoms with E-state index in [2.05, 4.69) is 15.3 Å². The minimum atomic E-state index is -0.953. The maximum atomic E-state index is 12.3. The molecule has 7 nitrogen and oxygen atoms in total. The van der Waals surface area contributed by atoms with Crippen LogP contribution in [0, 0.1) is 0 Å². The molecule has 0 aromatic heterocycles. The number of carbonyl (C=O) groups is 2. The van der Waals surface area contributed by atoms with E-state index in [-0.39, 0.29) is 24.5 Å². The van der Waals surface area contributed by atoms with Crippen LogP contribution < -0.4 is 9.80 Å².